The summed E-state index contributed by atoms with van der Waals surface area (Å²) in [6, 6.07) is 7.10. The summed E-state index contributed by atoms with van der Waals surface area (Å²) in [5, 5.41) is 10.7. The van der Waals surface area contributed by atoms with E-state index in [1.54, 1.807) is 16.7 Å². The van der Waals surface area contributed by atoms with E-state index < -0.39 is 6.04 Å². The summed E-state index contributed by atoms with van der Waals surface area (Å²) in [6.07, 6.45) is 1.98. The fraction of sp³-hybridized carbons (Fsp3) is 0.438. The number of H-pyrrole nitrogens is 1. The molecule has 6 nitrogen and oxygen atoms in total. The smallest absolute Gasteiger partial charge is 0.276 e. The van der Waals surface area contributed by atoms with Gasteiger partial charge in [0.1, 0.15) is 6.04 Å². The molecule has 1 aromatic carbocycles. The number of carbonyl (C=O) groups is 2. The van der Waals surface area contributed by atoms with E-state index in [0.717, 1.165) is 23.7 Å². The van der Waals surface area contributed by atoms with Crippen molar-refractivity contribution in [2.24, 2.45) is 0 Å². The van der Waals surface area contributed by atoms with Crippen LogP contribution in [-0.2, 0) is 4.79 Å². The Morgan fingerprint density at radius 1 is 1.43 bits per heavy atom. The number of aromatic nitrogens is 2. The number of rotatable bonds is 5. The minimum absolute atomic E-state index is 0.0726. The molecule has 0 bridgehead atoms. The minimum Gasteiger partial charge on any atom is -0.354 e. The molecule has 3 rings (SSSR count). The summed E-state index contributed by atoms with van der Waals surface area (Å²) < 4.78 is 0. The van der Waals surface area contributed by atoms with E-state index in [-0.39, 0.29) is 11.8 Å². The number of nitrogens with one attached hydrogen (secondary N) is 2. The number of aromatic amines is 1. The summed E-state index contributed by atoms with van der Waals surface area (Å²) in [7, 11) is 0. The van der Waals surface area contributed by atoms with Gasteiger partial charge in [0.15, 0.2) is 5.69 Å². The van der Waals surface area contributed by atoms with Gasteiger partial charge < -0.3 is 10.2 Å². The lowest BCUT2D eigenvalue weighted by Gasteiger charge is -2.22. The highest BCUT2D eigenvalue weighted by Gasteiger charge is 2.36. The van der Waals surface area contributed by atoms with Crippen LogP contribution >= 0.6 is 11.8 Å². The molecule has 1 aliphatic heterocycles. The molecule has 1 aromatic heterocycles. The lowest BCUT2D eigenvalue weighted by atomic mass is 10.1. The Balaban J connectivity index is 1.77. The molecule has 2 heterocycles. The Hall–Kier alpha value is -2.02. The van der Waals surface area contributed by atoms with Crippen LogP contribution in [0.3, 0.4) is 0 Å². The van der Waals surface area contributed by atoms with Gasteiger partial charge in [0.05, 0.1) is 11.4 Å². The van der Waals surface area contributed by atoms with Gasteiger partial charge in [0.2, 0.25) is 5.91 Å². The quantitative estimate of drug-likeness (QED) is 0.821. The zero-order valence-electron chi connectivity index (χ0n) is 13.0. The van der Waals surface area contributed by atoms with E-state index in [1.807, 2.05) is 24.3 Å². The van der Waals surface area contributed by atoms with Crippen molar-refractivity contribution >= 4 is 34.5 Å². The SMILES string of the molecule is CCCCNC(=O)[C@@H]1CSCN1C(=O)c1n[nH]c2ccccc12. The van der Waals surface area contributed by atoms with Crippen molar-refractivity contribution < 1.29 is 9.59 Å². The van der Waals surface area contributed by atoms with Crippen LogP contribution < -0.4 is 5.32 Å². The van der Waals surface area contributed by atoms with E-state index in [1.165, 1.54) is 0 Å². The van der Waals surface area contributed by atoms with Crippen LogP contribution in [0.1, 0.15) is 30.3 Å². The van der Waals surface area contributed by atoms with Gasteiger partial charge in [-0.05, 0) is 12.5 Å². The predicted octanol–water partition coefficient (Wildman–Crippen LogP) is 1.99. The largest absolute Gasteiger partial charge is 0.354 e. The third-order valence-corrected chi connectivity index (χ3v) is 4.96. The monoisotopic (exact) mass is 332 g/mol. The molecule has 0 unspecified atom stereocenters. The van der Waals surface area contributed by atoms with E-state index in [9.17, 15) is 9.59 Å². The molecule has 0 radical (unpaired) electrons. The Morgan fingerprint density at radius 3 is 3.09 bits per heavy atom. The fourth-order valence-corrected chi connectivity index (χ4v) is 3.78. The van der Waals surface area contributed by atoms with Crippen LogP contribution in [0.4, 0.5) is 0 Å². The average molecular weight is 332 g/mol. The van der Waals surface area contributed by atoms with Crippen LogP contribution in [0.15, 0.2) is 24.3 Å². The number of nitrogens with zero attached hydrogens (tertiary/aromatic N) is 2. The van der Waals surface area contributed by atoms with Crippen LogP contribution in [0.5, 0.6) is 0 Å². The summed E-state index contributed by atoms with van der Waals surface area (Å²) >= 11 is 1.60. The molecule has 1 fully saturated rings. The summed E-state index contributed by atoms with van der Waals surface area (Å²) in [5.74, 6) is 0.887. The first kappa shape index (κ1) is 15.9. The molecule has 1 aliphatic rings. The van der Waals surface area contributed by atoms with Crippen LogP contribution in [0.2, 0.25) is 0 Å². The number of fused-ring (bicyclic) bond motifs is 1. The van der Waals surface area contributed by atoms with Gasteiger partial charge in [-0.25, -0.2) is 0 Å². The zero-order chi connectivity index (χ0) is 16.2. The maximum atomic E-state index is 12.8. The topological polar surface area (TPSA) is 78.1 Å². The maximum Gasteiger partial charge on any atom is 0.276 e. The van der Waals surface area contributed by atoms with Crippen LogP contribution in [0, 0.1) is 0 Å². The molecule has 2 aromatic rings. The first-order chi connectivity index (χ1) is 11.2. The highest BCUT2D eigenvalue weighted by Crippen LogP contribution is 2.25. The van der Waals surface area contributed by atoms with Gasteiger partial charge in [-0.3, -0.25) is 14.7 Å². The van der Waals surface area contributed by atoms with Crippen molar-refractivity contribution in [1.82, 2.24) is 20.4 Å². The highest BCUT2D eigenvalue weighted by atomic mass is 32.2. The van der Waals surface area contributed by atoms with Gasteiger partial charge in [-0.15, -0.1) is 11.8 Å². The Bertz CT molecular complexity index is 715. The molecule has 0 aliphatic carbocycles. The number of hydrogen-bond donors (Lipinski definition) is 2. The van der Waals surface area contributed by atoms with Crippen LogP contribution in [0.25, 0.3) is 10.9 Å². The van der Waals surface area contributed by atoms with E-state index >= 15 is 0 Å². The molecule has 2 N–H and O–H groups in total. The van der Waals surface area contributed by atoms with E-state index in [4.69, 9.17) is 0 Å². The fourth-order valence-electron chi connectivity index (χ4n) is 2.63. The van der Waals surface area contributed by atoms with Crippen molar-refractivity contribution in [1.29, 1.82) is 0 Å². The summed E-state index contributed by atoms with van der Waals surface area (Å²) in [6.45, 7) is 2.74. The lowest BCUT2D eigenvalue weighted by molar-refractivity contribution is -0.124. The first-order valence-electron chi connectivity index (χ1n) is 7.82. The van der Waals surface area contributed by atoms with Crippen molar-refractivity contribution in [2.75, 3.05) is 18.2 Å². The van der Waals surface area contributed by atoms with Gasteiger partial charge >= 0.3 is 0 Å². The number of para-hydroxylation sites is 1. The second kappa shape index (κ2) is 7.04. The van der Waals surface area contributed by atoms with Gasteiger partial charge in [-0.2, -0.15) is 5.10 Å². The lowest BCUT2D eigenvalue weighted by Crippen LogP contribution is -2.47. The van der Waals surface area contributed by atoms with E-state index in [0.29, 0.717) is 23.9 Å². The third-order valence-electron chi connectivity index (χ3n) is 3.95. The molecular formula is C16H20N4O2S. The van der Waals surface area contributed by atoms with Crippen molar-refractivity contribution in [2.45, 2.75) is 25.8 Å². The zero-order valence-corrected chi connectivity index (χ0v) is 13.9. The molecule has 1 saturated heterocycles. The number of amides is 2. The number of hydrogen-bond acceptors (Lipinski definition) is 4. The normalized spacial score (nSPS) is 17.6. The summed E-state index contributed by atoms with van der Waals surface area (Å²) in [5.41, 5.74) is 1.21. The van der Waals surface area contributed by atoms with Gasteiger partial charge in [0.25, 0.3) is 5.91 Å². The Kier molecular flexibility index (Phi) is 4.85. The average Bonchev–Trinajstić information content (AvgIpc) is 3.21. The predicted molar refractivity (Wildman–Crippen MR) is 91.3 cm³/mol. The van der Waals surface area contributed by atoms with Gasteiger partial charge in [-0.1, -0.05) is 31.5 Å². The number of benzene rings is 1. The standard InChI is InChI=1S/C16H20N4O2S/c1-2-3-8-17-15(21)13-9-23-10-20(13)16(22)14-11-6-4-5-7-12(11)18-19-14/h4-7,13H,2-3,8-10H2,1H3,(H,17,21)(H,18,19)/t13-/m0/s1. The molecule has 2 amide bonds. The van der Waals surface area contributed by atoms with Crippen molar-refractivity contribution in [3.8, 4) is 0 Å². The minimum atomic E-state index is -0.417. The number of carbonyl (C=O) groups excluding carboxylic acids is 2. The molecule has 0 saturated carbocycles. The van der Waals surface area contributed by atoms with Crippen molar-refractivity contribution in [3.63, 3.8) is 0 Å². The second-order valence-electron chi connectivity index (χ2n) is 5.55. The second-order valence-corrected chi connectivity index (χ2v) is 6.55. The van der Waals surface area contributed by atoms with Crippen LogP contribution in [-0.4, -0.2) is 51.1 Å². The molecule has 122 valence electrons. The number of unbranched alkanes of at least 4 members (excludes halogenated alkanes) is 1. The van der Waals surface area contributed by atoms with Crippen molar-refractivity contribution in [3.05, 3.63) is 30.0 Å². The van der Waals surface area contributed by atoms with E-state index in [2.05, 4.69) is 22.4 Å². The molecule has 0 spiro atoms. The number of thioether (sulfide) groups is 1. The third kappa shape index (κ3) is 3.19. The molecular weight excluding hydrogens is 312 g/mol. The maximum absolute atomic E-state index is 12.8. The molecule has 7 heteroatoms. The first-order valence-corrected chi connectivity index (χ1v) is 8.97. The van der Waals surface area contributed by atoms with Gasteiger partial charge in [0, 0.05) is 17.7 Å². The molecule has 1 atom stereocenters. The Morgan fingerprint density at radius 2 is 2.26 bits per heavy atom. The summed E-state index contributed by atoms with van der Waals surface area (Å²) in [4.78, 5) is 26.8. The Labute approximate surface area is 139 Å². The highest BCUT2D eigenvalue weighted by molar-refractivity contribution is 7.99. The molecule has 23 heavy (non-hydrogen) atoms.